The van der Waals surface area contributed by atoms with Gasteiger partial charge >= 0.3 is 12.1 Å². The summed E-state index contributed by atoms with van der Waals surface area (Å²) in [4.78, 5) is 30.5. The zero-order chi connectivity index (χ0) is 19.1. The summed E-state index contributed by atoms with van der Waals surface area (Å²) in [6, 6.07) is 4.38. The van der Waals surface area contributed by atoms with Crippen molar-refractivity contribution in [2.45, 2.75) is 6.18 Å². The minimum Gasteiger partial charge on any atom is -0.478 e. The van der Waals surface area contributed by atoms with Gasteiger partial charge in [-0.25, -0.2) is 9.78 Å². The number of nitrogens with one attached hydrogen (secondary N) is 1. The Labute approximate surface area is 152 Å². The van der Waals surface area contributed by atoms with E-state index in [0.717, 1.165) is 23.6 Å². The number of alkyl halides is 3. The number of carbonyl (C=O) groups is 2. The summed E-state index contributed by atoms with van der Waals surface area (Å²) >= 11 is 6.86. The first-order chi connectivity index (χ1) is 12.1. The van der Waals surface area contributed by atoms with E-state index in [-0.39, 0.29) is 21.3 Å². The number of pyridine rings is 1. The summed E-state index contributed by atoms with van der Waals surface area (Å²) in [6.45, 7) is 0. The lowest BCUT2D eigenvalue weighted by Crippen LogP contribution is -2.14. The number of fused-ring (bicyclic) bond motifs is 1. The van der Waals surface area contributed by atoms with Gasteiger partial charge in [0.2, 0.25) is 0 Å². The third kappa shape index (κ3) is 3.60. The summed E-state index contributed by atoms with van der Waals surface area (Å²) in [7, 11) is 0. The van der Waals surface area contributed by atoms with Crippen molar-refractivity contribution < 1.29 is 27.9 Å². The first kappa shape index (κ1) is 18.1. The number of carboxylic acids is 1. The number of rotatable bonds is 3. The SMILES string of the molecule is O=C(Nc1nc2cc(Cl)c(C(=O)O)cc2s1)c1ccc(C(F)(F)F)nc1. The monoisotopic (exact) mass is 401 g/mol. The quantitative estimate of drug-likeness (QED) is 0.682. The summed E-state index contributed by atoms with van der Waals surface area (Å²) in [5.74, 6) is -1.90. The third-order valence-electron chi connectivity index (χ3n) is 3.24. The van der Waals surface area contributed by atoms with Crippen LogP contribution in [0, 0.1) is 0 Å². The highest BCUT2D eigenvalue weighted by Crippen LogP contribution is 2.31. The number of aromatic carboxylic acids is 1. The molecular weight excluding hydrogens is 395 g/mol. The van der Waals surface area contributed by atoms with Crippen LogP contribution in [0.3, 0.4) is 0 Å². The molecule has 0 aliphatic heterocycles. The molecule has 3 aromatic rings. The van der Waals surface area contributed by atoms with Crippen molar-refractivity contribution in [2.24, 2.45) is 0 Å². The van der Waals surface area contributed by atoms with Crippen LogP contribution in [0.15, 0.2) is 30.5 Å². The maximum atomic E-state index is 12.5. The van der Waals surface area contributed by atoms with E-state index >= 15 is 0 Å². The van der Waals surface area contributed by atoms with Crippen LogP contribution >= 0.6 is 22.9 Å². The number of nitrogens with zero attached hydrogens (tertiary/aromatic N) is 2. The Balaban J connectivity index is 1.84. The van der Waals surface area contributed by atoms with Crippen LogP contribution in [0.5, 0.6) is 0 Å². The highest BCUT2D eigenvalue weighted by atomic mass is 35.5. The molecule has 0 spiro atoms. The molecule has 11 heteroatoms. The van der Waals surface area contributed by atoms with Crippen molar-refractivity contribution in [1.82, 2.24) is 9.97 Å². The molecule has 6 nitrogen and oxygen atoms in total. The standard InChI is InChI=1S/C15H7ClF3N3O3S/c16-8-4-9-10(3-7(8)13(24)25)26-14(21-9)22-12(23)6-1-2-11(20-5-6)15(17,18)19/h1-5H,(H,24,25)(H,21,22,23). The second-order valence-corrected chi connectivity index (χ2v) is 6.45. The number of hydrogen-bond acceptors (Lipinski definition) is 5. The third-order valence-corrected chi connectivity index (χ3v) is 4.49. The second-order valence-electron chi connectivity index (χ2n) is 5.01. The Morgan fingerprint density at radius 1 is 1.23 bits per heavy atom. The number of carbonyl (C=O) groups excluding carboxylic acids is 1. The van der Waals surface area contributed by atoms with Gasteiger partial charge in [-0.3, -0.25) is 15.1 Å². The lowest BCUT2D eigenvalue weighted by Gasteiger charge is -2.06. The van der Waals surface area contributed by atoms with Gasteiger partial charge in [-0.2, -0.15) is 13.2 Å². The lowest BCUT2D eigenvalue weighted by atomic mass is 10.2. The number of halogens is 4. The van der Waals surface area contributed by atoms with E-state index in [1.54, 1.807) is 0 Å². The van der Waals surface area contributed by atoms with Crippen molar-refractivity contribution in [1.29, 1.82) is 0 Å². The Bertz CT molecular complexity index is 1020. The summed E-state index contributed by atoms with van der Waals surface area (Å²) < 4.78 is 37.9. The number of anilines is 1. The molecule has 0 saturated carbocycles. The number of carboxylic acid groups (broad SMARTS) is 1. The molecule has 0 unspecified atom stereocenters. The average Bonchev–Trinajstić information content (AvgIpc) is 2.94. The van der Waals surface area contributed by atoms with Crippen molar-refractivity contribution in [3.05, 3.63) is 52.3 Å². The van der Waals surface area contributed by atoms with E-state index in [1.807, 2.05) is 0 Å². The molecule has 0 atom stereocenters. The largest absolute Gasteiger partial charge is 0.478 e. The molecule has 0 aliphatic rings. The highest BCUT2D eigenvalue weighted by molar-refractivity contribution is 7.22. The Hall–Kier alpha value is -2.72. The van der Waals surface area contributed by atoms with E-state index < -0.39 is 23.7 Å². The van der Waals surface area contributed by atoms with Crippen LogP contribution in [0.25, 0.3) is 10.2 Å². The lowest BCUT2D eigenvalue weighted by molar-refractivity contribution is -0.141. The maximum Gasteiger partial charge on any atom is 0.433 e. The van der Waals surface area contributed by atoms with Gasteiger partial charge < -0.3 is 5.11 Å². The predicted octanol–water partition coefficient (Wildman–Crippen LogP) is 4.31. The Kier molecular flexibility index (Phi) is 4.55. The molecule has 0 bridgehead atoms. The first-order valence-electron chi connectivity index (χ1n) is 6.83. The zero-order valence-corrected chi connectivity index (χ0v) is 14.0. The molecule has 2 N–H and O–H groups in total. The number of benzene rings is 1. The van der Waals surface area contributed by atoms with Gasteiger partial charge in [-0.15, -0.1) is 0 Å². The van der Waals surface area contributed by atoms with Crippen LogP contribution in [0.2, 0.25) is 5.02 Å². The van der Waals surface area contributed by atoms with Crippen molar-refractivity contribution in [3.63, 3.8) is 0 Å². The van der Waals surface area contributed by atoms with Crippen LogP contribution in [0.4, 0.5) is 18.3 Å². The zero-order valence-electron chi connectivity index (χ0n) is 12.5. The molecule has 1 aromatic carbocycles. The van der Waals surface area contributed by atoms with E-state index in [9.17, 15) is 22.8 Å². The molecule has 0 saturated heterocycles. The van der Waals surface area contributed by atoms with Crippen molar-refractivity contribution >= 4 is 50.2 Å². The molecule has 2 heterocycles. The van der Waals surface area contributed by atoms with Crippen LogP contribution in [0.1, 0.15) is 26.4 Å². The molecule has 2 aromatic heterocycles. The molecule has 1 amide bonds. The minimum absolute atomic E-state index is 0.000107. The molecule has 134 valence electrons. The molecule has 0 radical (unpaired) electrons. The predicted molar refractivity (Wildman–Crippen MR) is 88.8 cm³/mol. The van der Waals surface area contributed by atoms with Crippen molar-refractivity contribution in [2.75, 3.05) is 5.32 Å². The number of hydrogen-bond donors (Lipinski definition) is 2. The number of aromatic nitrogens is 2. The average molecular weight is 402 g/mol. The van der Waals surface area contributed by atoms with E-state index in [2.05, 4.69) is 15.3 Å². The van der Waals surface area contributed by atoms with Crippen LogP contribution in [-0.2, 0) is 6.18 Å². The summed E-state index contributed by atoms with van der Waals surface area (Å²) in [6.07, 6.45) is -3.78. The van der Waals surface area contributed by atoms with Gasteiger partial charge in [0.15, 0.2) is 5.13 Å². The van der Waals surface area contributed by atoms with Gasteiger partial charge in [0, 0.05) is 6.20 Å². The molecule has 0 aliphatic carbocycles. The molecule has 3 rings (SSSR count). The second kappa shape index (κ2) is 6.54. The summed E-state index contributed by atoms with van der Waals surface area (Å²) in [5.41, 5.74) is -0.912. The van der Waals surface area contributed by atoms with E-state index in [4.69, 9.17) is 16.7 Å². The minimum atomic E-state index is -4.59. The smallest absolute Gasteiger partial charge is 0.433 e. The van der Waals surface area contributed by atoms with Crippen LogP contribution in [-0.4, -0.2) is 27.0 Å². The fraction of sp³-hybridized carbons (Fsp3) is 0.0667. The van der Waals surface area contributed by atoms with Crippen molar-refractivity contribution in [3.8, 4) is 0 Å². The van der Waals surface area contributed by atoms with E-state index in [1.165, 1.54) is 12.1 Å². The maximum absolute atomic E-state index is 12.5. The Morgan fingerprint density at radius 2 is 1.96 bits per heavy atom. The van der Waals surface area contributed by atoms with Gasteiger partial charge in [0.05, 0.1) is 26.4 Å². The molecule has 0 fully saturated rings. The molecule has 26 heavy (non-hydrogen) atoms. The van der Waals surface area contributed by atoms with E-state index in [0.29, 0.717) is 16.3 Å². The van der Waals surface area contributed by atoms with Crippen LogP contribution < -0.4 is 5.32 Å². The fourth-order valence-corrected chi connectivity index (χ4v) is 3.15. The number of thiazole rings is 1. The van der Waals surface area contributed by atoms with Gasteiger partial charge in [0.25, 0.3) is 5.91 Å². The topological polar surface area (TPSA) is 92.2 Å². The number of amides is 1. The Morgan fingerprint density at radius 3 is 2.54 bits per heavy atom. The van der Waals surface area contributed by atoms with Gasteiger partial charge in [-0.1, -0.05) is 22.9 Å². The van der Waals surface area contributed by atoms with Gasteiger partial charge in [-0.05, 0) is 24.3 Å². The molecular formula is C15H7ClF3N3O3S. The summed E-state index contributed by atoms with van der Waals surface area (Å²) in [5, 5.41) is 11.6. The highest BCUT2D eigenvalue weighted by Gasteiger charge is 2.32. The first-order valence-corrected chi connectivity index (χ1v) is 8.02. The fourth-order valence-electron chi connectivity index (χ4n) is 2.03. The van der Waals surface area contributed by atoms with Gasteiger partial charge in [0.1, 0.15) is 5.69 Å². The normalized spacial score (nSPS) is 11.5.